The summed E-state index contributed by atoms with van der Waals surface area (Å²) in [5.41, 5.74) is 0.579. The number of carbonyl (C=O) groups excluding carboxylic acids is 1. The Balaban J connectivity index is 2.26. The van der Waals surface area contributed by atoms with Gasteiger partial charge in [-0.25, -0.2) is 9.48 Å². The van der Waals surface area contributed by atoms with Gasteiger partial charge in [-0.3, -0.25) is 10.1 Å². The Labute approximate surface area is 119 Å². The Morgan fingerprint density at radius 2 is 2.14 bits per heavy atom. The maximum absolute atomic E-state index is 11.3. The number of ether oxygens (including phenoxy) is 2. The van der Waals surface area contributed by atoms with Crippen LogP contribution in [0.25, 0.3) is 0 Å². The molecule has 0 aliphatic rings. The second-order valence-corrected chi connectivity index (χ2v) is 4.09. The lowest BCUT2D eigenvalue weighted by molar-refractivity contribution is -0.385. The summed E-state index contributed by atoms with van der Waals surface area (Å²) in [5.74, 6) is -0.231. The number of rotatable bonds is 5. The van der Waals surface area contributed by atoms with Crippen molar-refractivity contribution in [2.24, 2.45) is 0 Å². The van der Waals surface area contributed by atoms with Crippen LogP contribution in [0.1, 0.15) is 16.1 Å². The molecular weight excluding hydrogens is 280 g/mol. The molecule has 0 N–H and O–H groups in total. The van der Waals surface area contributed by atoms with E-state index < -0.39 is 10.9 Å². The standard InChI is InChI=1S/C12H12N4O5/c1-20-10-4-8(3-9(5-10)16(18)19)6-15-7-11(13-14-15)12(17)21-2/h3-5,7H,6H2,1-2H3. The average Bonchev–Trinajstić information content (AvgIpc) is 2.94. The van der Waals surface area contributed by atoms with Crippen LogP contribution in [-0.4, -0.2) is 40.1 Å². The van der Waals surface area contributed by atoms with Crippen molar-refractivity contribution < 1.29 is 19.2 Å². The minimum Gasteiger partial charge on any atom is -0.496 e. The summed E-state index contributed by atoms with van der Waals surface area (Å²) in [5, 5.41) is 18.3. The monoisotopic (exact) mass is 292 g/mol. The Hall–Kier alpha value is -2.97. The number of non-ortho nitro benzene ring substituents is 1. The van der Waals surface area contributed by atoms with Gasteiger partial charge < -0.3 is 9.47 Å². The van der Waals surface area contributed by atoms with Crippen LogP contribution in [-0.2, 0) is 11.3 Å². The van der Waals surface area contributed by atoms with E-state index in [4.69, 9.17) is 4.74 Å². The maximum atomic E-state index is 11.3. The molecule has 0 saturated carbocycles. The highest BCUT2D eigenvalue weighted by atomic mass is 16.6. The lowest BCUT2D eigenvalue weighted by atomic mass is 10.2. The molecule has 0 aliphatic heterocycles. The van der Waals surface area contributed by atoms with Crippen molar-refractivity contribution in [3.63, 3.8) is 0 Å². The predicted molar refractivity (Wildman–Crippen MR) is 70.1 cm³/mol. The van der Waals surface area contributed by atoms with E-state index in [2.05, 4.69) is 15.0 Å². The highest BCUT2D eigenvalue weighted by molar-refractivity contribution is 5.86. The van der Waals surface area contributed by atoms with Gasteiger partial charge in [0.05, 0.1) is 38.0 Å². The summed E-state index contributed by atoms with van der Waals surface area (Å²) >= 11 is 0. The van der Waals surface area contributed by atoms with Crippen molar-refractivity contribution >= 4 is 11.7 Å². The molecule has 0 unspecified atom stereocenters. The SMILES string of the molecule is COC(=O)c1cn(Cc2cc(OC)cc([N+](=O)[O-])c2)nn1. The fourth-order valence-electron chi connectivity index (χ4n) is 1.72. The lowest BCUT2D eigenvalue weighted by Crippen LogP contribution is -2.02. The van der Waals surface area contributed by atoms with Gasteiger partial charge in [-0.1, -0.05) is 5.21 Å². The number of nitro benzene ring substituents is 1. The number of hydrogen-bond donors (Lipinski definition) is 0. The quantitative estimate of drug-likeness (QED) is 0.460. The van der Waals surface area contributed by atoms with E-state index in [1.165, 1.54) is 37.2 Å². The first-order valence-corrected chi connectivity index (χ1v) is 5.84. The number of nitrogens with zero attached hydrogens (tertiary/aromatic N) is 4. The molecular formula is C12H12N4O5. The molecule has 2 rings (SSSR count). The van der Waals surface area contributed by atoms with E-state index in [1.807, 2.05) is 0 Å². The van der Waals surface area contributed by atoms with Gasteiger partial charge in [0, 0.05) is 6.07 Å². The van der Waals surface area contributed by atoms with E-state index in [0.717, 1.165) is 0 Å². The Morgan fingerprint density at radius 3 is 2.76 bits per heavy atom. The van der Waals surface area contributed by atoms with Gasteiger partial charge in [-0.2, -0.15) is 0 Å². The summed E-state index contributed by atoms with van der Waals surface area (Å²) in [6, 6.07) is 4.37. The first kappa shape index (κ1) is 14.4. The van der Waals surface area contributed by atoms with Crippen molar-refractivity contribution in [3.05, 3.63) is 45.8 Å². The topological polar surface area (TPSA) is 109 Å². The van der Waals surface area contributed by atoms with Gasteiger partial charge in [0.15, 0.2) is 5.69 Å². The minimum atomic E-state index is -0.599. The van der Waals surface area contributed by atoms with Gasteiger partial charge >= 0.3 is 5.97 Å². The molecule has 0 spiro atoms. The van der Waals surface area contributed by atoms with E-state index in [9.17, 15) is 14.9 Å². The van der Waals surface area contributed by atoms with Crippen molar-refractivity contribution in [3.8, 4) is 5.75 Å². The van der Waals surface area contributed by atoms with Crippen LogP contribution in [0.2, 0.25) is 0 Å². The average molecular weight is 292 g/mol. The van der Waals surface area contributed by atoms with Crippen LogP contribution in [0.3, 0.4) is 0 Å². The number of methoxy groups -OCH3 is 2. The fourth-order valence-corrected chi connectivity index (χ4v) is 1.72. The molecule has 21 heavy (non-hydrogen) atoms. The molecule has 110 valence electrons. The first-order chi connectivity index (χ1) is 10.0. The zero-order valence-corrected chi connectivity index (χ0v) is 11.3. The molecule has 0 radical (unpaired) electrons. The van der Waals surface area contributed by atoms with Crippen LogP contribution >= 0.6 is 0 Å². The number of esters is 1. The van der Waals surface area contributed by atoms with Crippen molar-refractivity contribution in [1.29, 1.82) is 0 Å². The molecule has 9 heteroatoms. The molecule has 1 aromatic carbocycles. The van der Waals surface area contributed by atoms with Crippen LogP contribution < -0.4 is 4.74 Å². The van der Waals surface area contributed by atoms with Gasteiger partial charge in [0.2, 0.25) is 0 Å². The van der Waals surface area contributed by atoms with E-state index >= 15 is 0 Å². The van der Waals surface area contributed by atoms with E-state index in [1.54, 1.807) is 6.07 Å². The molecule has 0 bridgehead atoms. The Bertz CT molecular complexity index is 682. The number of aromatic nitrogens is 3. The first-order valence-electron chi connectivity index (χ1n) is 5.84. The number of hydrogen-bond acceptors (Lipinski definition) is 7. The third kappa shape index (κ3) is 3.32. The number of benzene rings is 1. The zero-order chi connectivity index (χ0) is 15.4. The molecule has 0 fully saturated rings. The molecule has 1 heterocycles. The maximum Gasteiger partial charge on any atom is 0.360 e. The number of nitro groups is 1. The lowest BCUT2D eigenvalue weighted by Gasteiger charge is -2.05. The third-order valence-electron chi connectivity index (χ3n) is 2.68. The highest BCUT2D eigenvalue weighted by Gasteiger charge is 2.13. The summed E-state index contributed by atoms with van der Waals surface area (Å²) < 4.78 is 10.9. The second-order valence-electron chi connectivity index (χ2n) is 4.09. The smallest absolute Gasteiger partial charge is 0.360 e. The van der Waals surface area contributed by atoms with Gasteiger partial charge in [-0.05, 0) is 11.6 Å². The molecule has 0 atom stereocenters. The molecule has 0 aliphatic carbocycles. The van der Waals surface area contributed by atoms with E-state index in [0.29, 0.717) is 11.3 Å². The highest BCUT2D eigenvalue weighted by Crippen LogP contribution is 2.23. The largest absolute Gasteiger partial charge is 0.496 e. The molecule has 1 aromatic heterocycles. The Kier molecular flexibility index (Phi) is 4.12. The van der Waals surface area contributed by atoms with Crippen LogP contribution in [0.4, 0.5) is 5.69 Å². The summed E-state index contributed by atoms with van der Waals surface area (Å²) in [7, 11) is 2.67. The molecule has 9 nitrogen and oxygen atoms in total. The third-order valence-corrected chi connectivity index (χ3v) is 2.68. The summed E-state index contributed by atoms with van der Waals surface area (Å²) in [6.07, 6.45) is 1.40. The normalized spacial score (nSPS) is 10.2. The van der Waals surface area contributed by atoms with Crippen LogP contribution in [0.15, 0.2) is 24.4 Å². The molecule has 2 aromatic rings. The molecule has 0 saturated heterocycles. The summed E-state index contributed by atoms with van der Waals surface area (Å²) in [4.78, 5) is 21.6. The van der Waals surface area contributed by atoms with Gasteiger partial charge in [0.1, 0.15) is 5.75 Å². The molecule has 0 amide bonds. The fraction of sp³-hybridized carbons (Fsp3) is 0.250. The second kappa shape index (κ2) is 5.99. The van der Waals surface area contributed by atoms with Crippen molar-refractivity contribution in [1.82, 2.24) is 15.0 Å². The minimum absolute atomic E-state index is 0.0647. The van der Waals surface area contributed by atoms with Crippen LogP contribution in [0.5, 0.6) is 5.75 Å². The Morgan fingerprint density at radius 1 is 1.38 bits per heavy atom. The summed E-state index contributed by atoms with van der Waals surface area (Å²) in [6.45, 7) is 0.210. The predicted octanol–water partition coefficient (Wildman–Crippen LogP) is 1.03. The van der Waals surface area contributed by atoms with Crippen molar-refractivity contribution in [2.75, 3.05) is 14.2 Å². The van der Waals surface area contributed by atoms with Gasteiger partial charge in [-0.15, -0.1) is 5.10 Å². The van der Waals surface area contributed by atoms with E-state index in [-0.39, 0.29) is 17.9 Å². The number of carbonyl (C=O) groups is 1. The zero-order valence-electron chi connectivity index (χ0n) is 11.3. The van der Waals surface area contributed by atoms with Crippen molar-refractivity contribution in [2.45, 2.75) is 6.54 Å². The van der Waals surface area contributed by atoms with Crippen LogP contribution in [0, 0.1) is 10.1 Å². The van der Waals surface area contributed by atoms with Gasteiger partial charge in [0.25, 0.3) is 5.69 Å².